The lowest BCUT2D eigenvalue weighted by atomic mass is 10.0. The van der Waals surface area contributed by atoms with Gasteiger partial charge in [0.25, 0.3) is 10.0 Å². The van der Waals surface area contributed by atoms with Crippen LogP contribution < -0.4 is 5.32 Å². The number of carbonyl (C=O) groups is 2. The molecule has 2 amide bonds. The van der Waals surface area contributed by atoms with Gasteiger partial charge in [0.15, 0.2) is 0 Å². The molecule has 0 aromatic carbocycles. The molecule has 0 spiro atoms. The van der Waals surface area contributed by atoms with Crippen LogP contribution in [0.1, 0.15) is 13.8 Å². The molecule has 1 saturated heterocycles. The van der Waals surface area contributed by atoms with Crippen LogP contribution in [0.2, 0.25) is 5.02 Å². The summed E-state index contributed by atoms with van der Waals surface area (Å²) in [7, 11) is -3.98. The van der Waals surface area contributed by atoms with Gasteiger partial charge in [-0.15, -0.1) is 11.3 Å². The van der Waals surface area contributed by atoms with Crippen molar-refractivity contribution in [1.29, 1.82) is 0 Å². The van der Waals surface area contributed by atoms with Crippen molar-refractivity contribution in [3.63, 3.8) is 0 Å². The van der Waals surface area contributed by atoms with Crippen molar-refractivity contribution in [3.8, 4) is 0 Å². The van der Waals surface area contributed by atoms with E-state index in [0.29, 0.717) is 3.79 Å². The highest BCUT2D eigenvalue weighted by atomic mass is 79.9. The quantitative estimate of drug-likeness (QED) is 0.763. The van der Waals surface area contributed by atoms with E-state index in [1.165, 1.54) is 19.9 Å². The number of imide groups is 1. The topological polar surface area (TPSA) is 83.6 Å². The largest absolute Gasteiger partial charge is 0.294 e. The molecule has 0 unspecified atom stereocenters. The highest BCUT2D eigenvalue weighted by Gasteiger charge is 2.48. The van der Waals surface area contributed by atoms with Crippen LogP contribution in [0, 0.1) is 0 Å². The number of nitrogens with one attached hydrogen (secondary N) is 1. The van der Waals surface area contributed by atoms with Gasteiger partial charge >= 0.3 is 0 Å². The van der Waals surface area contributed by atoms with Crippen molar-refractivity contribution >= 4 is 60.7 Å². The number of hydrogen-bond donors (Lipinski definition) is 1. The first-order chi connectivity index (χ1) is 9.06. The van der Waals surface area contributed by atoms with Crippen LogP contribution in [0.5, 0.6) is 0 Å². The maximum atomic E-state index is 12.6. The normalized spacial score (nSPS) is 20.0. The minimum absolute atomic E-state index is 0.0232. The minimum Gasteiger partial charge on any atom is -0.294 e. The highest BCUT2D eigenvalue weighted by molar-refractivity contribution is 9.11. The standard InChI is InChI=1S/C10H10BrClN2O4S2/c1-10(2)9(16)13-6(15)4-14(10)20(17,18)7-3-5(12)8(11)19-7/h3H,4H2,1-2H3,(H,13,15,16). The molecule has 1 N–H and O–H groups in total. The molecular weight excluding hydrogens is 392 g/mol. The Morgan fingerprint density at radius 1 is 1.45 bits per heavy atom. The van der Waals surface area contributed by atoms with Gasteiger partial charge in [0.2, 0.25) is 11.8 Å². The molecule has 0 aliphatic carbocycles. The molecule has 6 nitrogen and oxygen atoms in total. The summed E-state index contributed by atoms with van der Waals surface area (Å²) in [5.74, 6) is -1.31. The third kappa shape index (κ3) is 2.52. The van der Waals surface area contributed by atoms with E-state index in [4.69, 9.17) is 11.6 Å². The number of hydrogen-bond acceptors (Lipinski definition) is 5. The van der Waals surface area contributed by atoms with Crippen LogP contribution in [0.3, 0.4) is 0 Å². The van der Waals surface area contributed by atoms with Crippen LogP contribution in [0.15, 0.2) is 14.1 Å². The zero-order valence-corrected chi connectivity index (χ0v) is 14.4. The summed E-state index contributed by atoms with van der Waals surface area (Å²) in [4.78, 5) is 23.3. The molecule has 0 saturated carbocycles. The van der Waals surface area contributed by atoms with Crippen LogP contribution in [0.4, 0.5) is 0 Å². The molecule has 0 bridgehead atoms. The molecular formula is C10H10BrClN2O4S2. The molecule has 1 fully saturated rings. The van der Waals surface area contributed by atoms with Gasteiger partial charge < -0.3 is 0 Å². The number of sulfonamides is 1. The van der Waals surface area contributed by atoms with Crippen LogP contribution in [-0.4, -0.2) is 36.6 Å². The second-order valence-electron chi connectivity index (χ2n) is 4.64. The number of halogens is 2. The van der Waals surface area contributed by atoms with Crippen LogP contribution >= 0.6 is 38.9 Å². The zero-order valence-electron chi connectivity index (χ0n) is 10.4. The second kappa shape index (κ2) is 5.06. The van der Waals surface area contributed by atoms with Gasteiger partial charge in [-0.25, -0.2) is 8.42 Å². The van der Waals surface area contributed by atoms with E-state index in [1.807, 2.05) is 0 Å². The van der Waals surface area contributed by atoms with Gasteiger partial charge in [0, 0.05) is 0 Å². The van der Waals surface area contributed by atoms with Crippen molar-refractivity contribution in [3.05, 3.63) is 14.9 Å². The van der Waals surface area contributed by atoms with Crippen molar-refractivity contribution in [2.75, 3.05) is 6.54 Å². The third-order valence-electron chi connectivity index (χ3n) is 2.89. The fourth-order valence-corrected chi connectivity index (χ4v) is 5.93. The highest BCUT2D eigenvalue weighted by Crippen LogP contribution is 2.37. The van der Waals surface area contributed by atoms with E-state index >= 15 is 0 Å². The number of carbonyl (C=O) groups excluding carboxylic acids is 2. The van der Waals surface area contributed by atoms with Gasteiger partial charge in [0.1, 0.15) is 9.75 Å². The van der Waals surface area contributed by atoms with Crippen molar-refractivity contribution in [2.45, 2.75) is 23.6 Å². The average Bonchev–Trinajstić information content (AvgIpc) is 2.65. The average molecular weight is 402 g/mol. The lowest BCUT2D eigenvalue weighted by molar-refractivity contribution is -0.141. The monoisotopic (exact) mass is 400 g/mol. The Kier molecular flexibility index (Phi) is 4.02. The summed E-state index contributed by atoms with van der Waals surface area (Å²) >= 11 is 9.91. The van der Waals surface area contributed by atoms with Gasteiger partial charge in [-0.2, -0.15) is 4.31 Å². The molecule has 20 heavy (non-hydrogen) atoms. The zero-order chi connectivity index (χ0) is 15.3. The van der Waals surface area contributed by atoms with E-state index in [9.17, 15) is 18.0 Å². The van der Waals surface area contributed by atoms with Crippen molar-refractivity contribution in [2.24, 2.45) is 0 Å². The molecule has 1 aromatic heterocycles. The molecule has 2 rings (SSSR count). The molecule has 1 aromatic rings. The van der Waals surface area contributed by atoms with Crippen molar-refractivity contribution in [1.82, 2.24) is 9.62 Å². The fourth-order valence-electron chi connectivity index (χ4n) is 1.71. The first-order valence-electron chi connectivity index (χ1n) is 5.39. The maximum absolute atomic E-state index is 12.6. The molecule has 0 radical (unpaired) electrons. The van der Waals surface area contributed by atoms with Crippen LogP contribution in [0.25, 0.3) is 0 Å². The van der Waals surface area contributed by atoms with Gasteiger partial charge in [0.05, 0.1) is 15.4 Å². The summed E-state index contributed by atoms with van der Waals surface area (Å²) in [5, 5.41) is 2.39. The molecule has 2 heterocycles. The lowest BCUT2D eigenvalue weighted by Gasteiger charge is -2.38. The summed E-state index contributed by atoms with van der Waals surface area (Å²) in [6.07, 6.45) is 0. The molecule has 10 heteroatoms. The smallest absolute Gasteiger partial charge is 0.254 e. The van der Waals surface area contributed by atoms with Crippen LogP contribution in [-0.2, 0) is 19.6 Å². The van der Waals surface area contributed by atoms with E-state index in [-0.39, 0.29) is 9.23 Å². The Balaban J connectivity index is 2.52. The molecule has 0 atom stereocenters. The Morgan fingerprint density at radius 2 is 2.05 bits per heavy atom. The second-order valence-corrected chi connectivity index (χ2v) is 9.50. The van der Waals surface area contributed by atoms with Gasteiger partial charge in [-0.3, -0.25) is 14.9 Å². The van der Waals surface area contributed by atoms with Gasteiger partial charge in [-0.1, -0.05) is 11.6 Å². The predicted octanol–water partition coefficient (Wildman–Crippen LogP) is 1.59. The van der Waals surface area contributed by atoms with Crippen molar-refractivity contribution < 1.29 is 18.0 Å². The summed E-state index contributed by atoms with van der Waals surface area (Å²) in [5.41, 5.74) is -1.35. The summed E-state index contributed by atoms with van der Waals surface area (Å²) in [6, 6.07) is 1.29. The molecule has 1 aliphatic heterocycles. The molecule has 1 aliphatic rings. The first-order valence-corrected chi connectivity index (χ1v) is 8.81. The van der Waals surface area contributed by atoms with E-state index in [0.717, 1.165) is 15.6 Å². The molecule has 110 valence electrons. The predicted molar refractivity (Wildman–Crippen MR) is 78.1 cm³/mol. The fraction of sp³-hybridized carbons (Fsp3) is 0.400. The minimum atomic E-state index is -3.98. The maximum Gasteiger partial charge on any atom is 0.254 e. The Morgan fingerprint density at radius 3 is 2.55 bits per heavy atom. The van der Waals surface area contributed by atoms with Gasteiger partial charge in [-0.05, 0) is 35.8 Å². The summed E-state index contributed by atoms with van der Waals surface area (Å²) in [6.45, 7) is 2.47. The van der Waals surface area contributed by atoms with E-state index in [2.05, 4.69) is 21.2 Å². The third-order valence-corrected chi connectivity index (χ3v) is 7.83. The van der Waals surface area contributed by atoms with E-state index < -0.39 is 33.9 Å². The number of nitrogens with zero attached hydrogens (tertiary/aromatic N) is 1. The number of thiophene rings is 1. The Hall–Kier alpha value is -0.480. The summed E-state index contributed by atoms with van der Waals surface area (Å²) < 4.78 is 26.5. The Bertz CT molecular complexity index is 679. The number of piperazine rings is 1. The lowest BCUT2D eigenvalue weighted by Crippen LogP contribution is -2.65. The first kappa shape index (κ1) is 15.9. The Labute approximate surface area is 133 Å². The van der Waals surface area contributed by atoms with E-state index in [1.54, 1.807) is 0 Å². The SMILES string of the molecule is CC1(C)C(=O)NC(=O)CN1S(=O)(=O)c1cc(Cl)c(Br)s1. The number of amides is 2. The number of rotatable bonds is 2.